The maximum absolute atomic E-state index is 13.4. The Bertz CT molecular complexity index is 1570. The topological polar surface area (TPSA) is 113 Å². The van der Waals surface area contributed by atoms with Crippen LogP contribution in [0.4, 0.5) is 25.0 Å². The Morgan fingerprint density at radius 3 is 2.37 bits per heavy atom. The number of hydrogen-bond acceptors (Lipinski definition) is 5. The molecule has 0 aliphatic rings. The summed E-state index contributed by atoms with van der Waals surface area (Å²) in [6.45, 7) is 0. The molecule has 0 unspecified atom stereocenters. The summed E-state index contributed by atoms with van der Waals surface area (Å²) in [5.74, 6) is -2.36. The first-order valence-corrected chi connectivity index (χ1v) is 10.4. The van der Waals surface area contributed by atoms with E-state index in [-0.39, 0.29) is 11.5 Å². The highest BCUT2D eigenvalue weighted by Crippen LogP contribution is 2.21. The SMILES string of the molecule is O=C(Nc1cccc(C(=O)c2ccc3ncc(-c4cn[nH]c4)nc3c2)c1)Nc1ccc(F)c(F)c1. The average Bonchev–Trinajstić information content (AvgIpc) is 3.40. The predicted molar refractivity (Wildman–Crippen MR) is 126 cm³/mol. The van der Waals surface area contributed by atoms with Crippen LogP contribution in [-0.2, 0) is 0 Å². The van der Waals surface area contributed by atoms with Gasteiger partial charge in [0.05, 0.1) is 29.1 Å². The Morgan fingerprint density at radius 1 is 0.800 bits per heavy atom. The predicted octanol–water partition coefficient (Wildman–Crippen LogP) is 5.17. The smallest absolute Gasteiger partial charge is 0.308 e. The Morgan fingerprint density at radius 2 is 1.60 bits per heavy atom. The molecule has 5 rings (SSSR count). The van der Waals surface area contributed by atoms with Crippen molar-refractivity contribution in [2.45, 2.75) is 0 Å². The third-order valence-electron chi connectivity index (χ3n) is 5.16. The number of nitrogens with zero attached hydrogens (tertiary/aromatic N) is 3. The number of rotatable bonds is 5. The van der Waals surface area contributed by atoms with Gasteiger partial charge in [-0.25, -0.2) is 18.6 Å². The summed E-state index contributed by atoms with van der Waals surface area (Å²) >= 11 is 0. The van der Waals surface area contributed by atoms with Crippen LogP contribution < -0.4 is 10.6 Å². The maximum atomic E-state index is 13.4. The normalized spacial score (nSPS) is 10.8. The van der Waals surface area contributed by atoms with E-state index in [1.165, 1.54) is 12.1 Å². The van der Waals surface area contributed by atoms with Crippen LogP contribution in [0.3, 0.4) is 0 Å². The molecule has 0 saturated heterocycles. The molecule has 0 saturated carbocycles. The van der Waals surface area contributed by atoms with Gasteiger partial charge in [0.15, 0.2) is 17.4 Å². The van der Waals surface area contributed by atoms with Gasteiger partial charge in [0.1, 0.15) is 0 Å². The van der Waals surface area contributed by atoms with E-state index < -0.39 is 17.7 Å². The molecule has 0 spiro atoms. The van der Waals surface area contributed by atoms with E-state index in [0.717, 1.165) is 17.7 Å². The minimum absolute atomic E-state index is 0.0840. The molecule has 0 fully saturated rings. The number of aromatic amines is 1. The van der Waals surface area contributed by atoms with Crippen molar-refractivity contribution in [1.29, 1.82) is 0 Å². The zero-order valence-electron chi connectivity index (χ0n) is 17.9. The van der Waals surface area contributed by atoms with Gasteiger partial charge in [-0.3, -0.25) is 14.9 Å². The zero-order chi connectivity index (χ0) is 24.4. The highest BCUT2D eigenvalue weighted by Gasteiger charge is 2.13. The first-order chi connectivity index (χ1) is 17.0. The molecule has 0 aliphatic heterocycles. The molecule has 8 nitrogen and oxygen atoms in total. The number of anilines is 2. The summed E-state index contributed by atoms with van der Waals surface area (Å²) in [5, 5.41) is 11.6. The Kier molecular flexibility index (Phi) is 5.68. The lowest BCUT2D eigenvalue weighted by molar-refractivity contribution is 0.103. The van der Waals surface area contributed by atoms with Crippen LogP contribution in [0.15, 0.2) is 79.3 Å². The van der Waals surface area contributed by atoms with Crippen molar-refractivity contribution in [1.82, 2.24) is 20.2 Å². The second kappa shape index (κ2) is 9.10. The van der Waals surface area contributed by atoms with E-state index in [4.69, 9.17) is 0 Å². The van der Waals surface area contributed by atoms with Crippen molar-refractivity contribution in [2.24, 2.45) is 0 Å². The van der Waals surface area contributed by atoms with Crippen LogP contribution in [0, 0.1) is 11.6 Å². The molecule has 172 valence electrons. The van der Waals surface area contributed by atoms with E-state index in [1.807, 2.05) is 0 Å². The molecule has 10 heteroatoms. The fraction of sp³-hybridized carbons (Fsp3) is 0. The summed E-state index contributed by atoms with van der Waals surface area (Å²) in [6, 6.07) is 13.7. The molecule has 35 heavy (non-hydrogen) atoms. The molecule has 0 aliphatic carbocycles. The number of halogens is 2. The fourth-order valence-electron chi connectivity index (χ4n) is 3.45. The Hall–Kier alpha value is -4.99. The summed E-state index contributed by atoms with van der Waals surface area (Å²) in [4.78, 5) is 34.4. The van der Waals surface area contributed by atoms with Gasteiger partial charge in [0.2, 0.25) is 0 Å². The van der Waals surface area contributed by atoms with Crippen molar-refractivity contribution < 1.29 is 18.4 Å². The third kappa shape index (κ3) is 4.71. The quantitative estimate of drug-likeness (QED) is 0.307. The Labute approximate surface area is 197 Å². The Balaban J connectivity index is 1.35. The minimum Gasteiger partial charge on any atom is -0.308 e. The number of carbonyl (C=O) groups is 2. The van der Waals surface area contributed by atoms with E-state index in [2.05, 4.69) is 30.8 Å². The van der Waals surface area contributed by atoms with Crippen molar-refractivity contribution in [3.05, 3.63) is 102 Å². The molecule has 0 radical (unpaired) electrons. The van der Waals surface area contributed by atoms with Gasteiger partial charge in [-0.05, 0) is 42.5 Å². The highest BCUT2D eigenvalue weighted by atomic mass is 19.2. The summed E-state index contributed by atoms with van der Waals surface area (Å²) < 4.78 is 26.4. The number of ketones is 1. The monoisotopic (exact) mass is 470 g/mol. The number of amides is 2. The molecular formula is C25H16F2N6O2. The van der Waals surface area contributed by atoms with Crippen LogP contribution in [0.25, 0.3) is 22.3 Å². The van der Waals surface area contributed by atoms with Gasteiger partial charge in [0, 0.05) is 40.3 Å². The molecule has 0 atom stereocenters. The van der Waals surface area contributed by atoms with Crippen LogP contribution in [0.5, 0.6) is 0 Å². The number of benzene rings is 3. The van der Waals surface area contributed by atoms with Gasteiger partial charge >= 0.3 is 6.03 Å². The molecule has 5 aromatic rings. The standard InChI is InChI=1S/C25H16F2N6O2/c26-19-6-5-18(10-20(19)27)32-25(35)31-17-3-1-2-14(8-17)24(34)15-4-7-21-22(9-15)33-23(13-28-21)16-11-29-30-12-16/h1-13H,(H,29,30)(H2,31,32,35). The van der Waals surface area contributed by atoms with Crippen LogP contribution in [-0.4, -0.2) is 32.0 Å². The molecule has 3 N–H and O–H groups in total. The van der Waals surface area contributed by atoms with Crippen LogP contribution in [0.1, 0.15) is 15.9 Å². The molecule has 2 amide bonds. The first-order valence-electron chi connectivity index (χ1n) is 10.4. The van der Waals surface area contributed by atoms with Gasteiger partial charge in [-0.15, -0.1) is 0 Å². The number of nitrogens with one attached hydrogen (secondary N) is 3. The van der Waals surface area contributed by atoms with E-state index >= 15 is 0 Å². The minimum atomic E-state index is -1.08. The van der Waals surface area contributed by atoms with E-state index in [0.29, 0.717) is 33.5 Å². The molecular weight excluding hydrogens is 454 g/mol. The number of hydrogen-bond donors (Lipinski definition) is 3. The lowest BCUT2D eigenvalue weighted by Crippen LogP contribution is -2.19. The van der Waals surface area contributed by atoms with Gasteiger partial charge in [-0.1, -0.05) is 12.1 Å². The summed E-state index contributed by atoms with van der Waals surface area (Å²) in [6.07, 6.45) is 4.97. The third-order valence-corrected chi connectivity index (χ3v) is 5.16. The summed E-state index contributed by atoms with van der Waals surface area (Å²) in [7, 11) is 0. The van der Waals surface area contributed by atoms with Gasteiger partial charge in [-0.2, -0.15) is 5.10 Å². The molecule has 0 bridgehead atoms. The molecule has 2 heterocycles. The number of fused-ring (bicyclic) bond motifs is 1. The number of urea groups is 1. The largest absolute Gasteiger partial charge is 0.323 e. The van der Waals surface area contributed by atoms with Crippen molar-refractivity contribution in [3.8, 4) is 11.3 Å². The van der Waals surface area contributed by atoms with Gasteiger partial charge in [0.25, 0.3) is 0 Å². The zero-order valence-corrected chi connectivity index (χ0v) is 17.9. The molecule has 2 aromatic heterocycles. The first kappa shape index (κ1) is 21.8. The number of H-pyrrole nitrogens is 1. The van der Waals surface area contributed by atoms with Crippen LogP contribution in [0.2, 0.25) is 0 Å². The van der Waals surface area contributed by atoms with E-state index in [9.17, 15) is 18.4 Å². The van der Waals surface area contributed by atoms with Crippen molar-refractivity contribution in [3.63, 3.8) is 0 Å². The van der Waals surface area contributed by atoms with E-state index in [1.54, 1.807) is 55.0 Å². The highest BCUT2D eigenvalue weighted by molar-refractivity contribution is 6.11. The average molecular weight is 470 g/mol. The number of aromatic nitrogens is 4. The second-order valence-corrected chi connectivity index (χ2v) is 7.56. The second-order valence-electron chi connectivity index (χ2n) is 7.56. The van der Waals surface area contributed by atoms with Crippen molar-refractivity contribution >= 4 is 34.2 Å². The summed E-state index contributed by atoms with van der Waals surface area (Å²) in [5.41, 5.74) is 3.76. The number of carbonyl (C=O) groups excluding carboxylic acids is 2. The fourth-order valence-corrected chi connectivity index (χ4v) is 3.45. The lowest BCUT2D eigenvalue weighted by Gasteiger charge is -2.09. The maximum Gasteiger partial charge on any atom is 0.323 e. The lowest BCUT2D eigenvalue weighted by atomic mass is 10.0. The molecule has 3 aromatic carbocycles. The van der Waals surface area contributed by atoms with Crippen molar-refractivity contribution in [2.75, 3.05) is 10.6 Å². The van der Waals surface area contributed by atoms with Gasteiger partial charge < -0.3 is 10.6 Å². The van der Waals surface area contributed by atoms with Crippen LogP contribution >= 0.6 is 0 Å².